The van der Waals surface area contributed by atoms with E-state index >= 15 is 0 Å². The Morgan fingerprint density at radius 2 is 1.82 bits per heavy atom. The summed E-state index contributed by atoms with van der Waals surface area (Å²) in [7, 11) is -0.986. The molecule has 1 aliphatic heterocycles. The van der Waals surface area contributed by atoms with Crippen LogP contribution in [0.5, 0.6) is 0 Å². The molecule has 1 amide bonds. The van der Waals surface area contributed by atoms with E-state index < -0.39 is 14.6 Å². The van der Waals surface area contributed by atoms with Crippen LogP contribution >= 0.6 is 0 Å². The highest BCUT2D eigenvalue weighted by Gasteiger charge is 2.34. The first kappa shape index (κ1) is 29.3. The number of piperidine rings is 1. The molecule has 8 heteroatoms. The second kappa shape index (κ2) is 11.8. The van der Waals surface area contributed by atoms with Gasteiger partial charge in [-0.15, -0.1) is 0 Å². The third kappa shape index (κ3) is 7.28. The third-order valence-electron chi connectivity index (χ3n) is 7.15. The third-order valence-corrected chi connectivity index (χ3v) is 7.86. The summed E-state index contributed by atoms with van der Waals surface area (Å²) in [6, 6.07) is 10.3. The number of carbonyl (C=O) groups excluding carboxylic acids is 1. The van der Waals surface area contributed by atoms with Gasteiger partial charge in [-0.25, -0.2) is 4.79 Å². The smallest absolute Gasteiger partial charge is 0.410 e. The fourth-order valence-electron chi connectivity index (χ4n) is 5.24. The first-order valence-corrected chi connectivity index (χ1v) is 16.5. The molecule has 1 aliphatic rings. The van der Waals surface area contributed by atoms with Gasteiger partial charge in [-0.1, -0.05) is 38.1 Å². The molecular weight excluding hydrogens is 506 g/mol. The highest BCUT2D eigenvalue weighted by Crippen LogP contribution is 2.45. The van der Waals surface area contributed by atoms with Crippen LogP contribution in [0.2, 0.25) is 13.1 Å². The molecule has 2 aromatic heterocycles. The molecule has 1 unspecified atom stereocenters. The van der Waals surface area contributed by atoms with Crippen LogP contribution in [0.1, 0.15) is 78.2 Å². The average molecular weight is 551 g/mol. The molecule has 3 heterocycles. The van der Waals surface area contributed by atoms with Gasteiger partial charge >= 0.3 is 6.09 Å². The van der Waals surface area contributed by atoms with E-state index in [4.69, 9.17) is 13.7 Å². The van der Waals surface area contributed by atoms with Crippen molar-refractivity contribution >= 4 is 26.1 Å². The number of hydrogen-bond donors (Lipinski definition) is 0. The zero-order valence-electron chi connectivity index (χ0n) is 24.8. The van der Waals surface area contributed by atoms with E-state index in [9.17, 15) is 4.79 Å². The Labute approximate surface area is 235 Å². The van der Waals surface area contributed by atoms with Crippen molar-refractivity contribution in [1.29, 1.82) is 0 Å². The lowest BCUT2D eigenvalue weighted by atomic mass is 9.81. The normalized spacial score (nSPS) is 16.2. The second-order valence-corrected chi connectivity index (χ2v) is 15.0. The van der Waals surface area contributed by atoms with Gasteiger partial charge < -0.3 is 18.6 Å². The Kier molecular flexibility index (Phi) is 8.86. The molecule has 4 rings (SSSR count). The van der Waals surface area contributed by atoms with Crippen molar-refractivity contribution in [2.45, 2.75) is 92.0 Å². The van der Waals surface area contributed by atoms with Gasteiger partial charge in [0.05, 0.1) is 17.5 Å². The van der Waals surface area contributed by atoms with Crippen molar-refractivity contribution in [1.82, 2.24) is 15.0 Å². The summed E-state index contributed by atoms with van der Waals surface area (Å²) >= 11 is 0. The number of nitrogens with zero attached hydrogens (tertiary/aromatic N) is 3. The number of carbonyl (C=O) groups is 1. The molecule has 0 aliphatic carbocycles. The minimum Gasteiger partial charge on any atom is -0.444 e. The molecule has 39 heavy (non-hydrogen) atoms. The van der Waals surface area contributed by atoms with Crippen LogP contribution < -0.4 is 0 Å². The summed E-state index contributed by atoms with van der Waals surface area (Å²) in [5, 5.41) is 5.63. The summed E-state index contributed by atoms with van der Waals surface area (Å²) in [6.07, 6.45) is 5.26. The summed E-state index contributed by atoms with van der Waals surface area (Å²) in [5.74, 6) is 0.540. The highest BCUT2D eigenvalue weighted by atomic mass is 28.3. The number of ether oxygens (including phenoxy) is 1. The summed E-state index contributed by atoms with van der Waals surface area (Å²) in [4.78, 5) is 18.9. The molecule has 0 saturated carbocycles. The maximum Gasteiger partial charge on any atom is 0.410 e. The van der Waals surface area contributed by atoms with E-state index in [1.807, 2.05) is 50.1 Å². The number of benzene rings is 1. The molecule has 1 radical (unpaired) electrons. The SMILES string of the molecule is C[Si](C)OC(c1c(-c2ccccn2)ccc2c(CCC3CCN(C(=O)OC(C)(C)C)CC3)noc12)C(C)(C)C. The van der Waals surface area contributed by atoms with Gasteiger partial charge in [0.15, 0.2) is 5.58 Å². The number of hydrogen-bond acceptors (Lipinski definition) is 6. The van der Waals surface area contributed by atoms with Gasteiger partial charge in [0, 0.05) is 35.8 Å². The quantitative estimate of drug-likeness (QED) is 0.279. The van der Waals surface area contributed by atoms with Crippen molar-refractivity contribution < 1.29 is 18.5 Å². The summed E-state index contributed by atoms with van der Waals surface area (Å²) in [6.45, 7) is 18.2. The lowest BCUT2D eigenvalue weighted by Gasteiger charge is -2.34. The fourth-order valence-corrected chi connectivity index (χ4v) is 6.18. The Bertz CT molecular complexity index is 1250. The van der Waals surface area contributed by atoms with E-state index in [2.05, 4.69) is 56.1 Å². The average Bonchev–Trinajstić information content (AvgIpc) is 3.28. The largest absolute Gasteiger partial charge is 0.444 e. The highest BCUT2D eigenvalue weighted by molar-refractivity contribution is 6.48. The topological polar surface area (TPSA) is 77.7 Å². The minimum absolute atomic E-state index is 0.144. The fraction of sp³-hybridized carbons (Fsp3) is 0.581. The maximum absolute atomic E-state index is 12.4. The lowest BCUT2D eigenvalue weighted by molar-refractivity contribution is 0.0181. The van der Waals surface area contributed by atoms with Crippen LogP contribution in [-0.2, 0) is 15.6 Å². The number of aromatic nitrogens is 2. The van der Waals surface area contributed by atoms with Crippen LogP contribution in [0.15, 0.2) is 41.1 Å². The van der Waals surface area contributed by atoms with Crippen molar-refractivity contribution in [3.63, 3.8) is 0 Å². The number of aryl methyl sites for hydroxylation is 1. The van der Waals surface area contributed by atoms with Gasteiger partial charge in [0.1, 0.15) is 5.60 Å². The minimum atomic E-state index is -0.986. The molecule has 1 saturated heterocycles. The van der Waals surface area contributed by atoms with Crippen molar-refractivity contribution in [2.75, 3.05) is 13.1 Å². The summed E-state index contributed by atoms with van der Waals surface area (Å²) < 4.78 is 18.3. The molecular formula is C31H44N3O4Si. The van der Waals surface area contributed by atoms with Crippen LogP contribution in [0.4, 0.5) is 4.79 Å². The molecule has 3 aromatic rings. The van der Waals surface area contributed by atoms with E-state index in [0.29, 0.717) is 5.92 Å². The summed E-state index contributed by atoms with van der Waals surface area (Å²) in [5.41, 5.74) is 4.15. The Morgan fingerprint density at radius 3 is 2.41 bits per heavy atom. The predicted octanol–water partition coefficient (Wildman–Crippen LogP) is 7.82. The second-order valence-electron chi connectivity index (χ2n) is 13.0. The standard InChI is InChI=1S/C31H44N3O4Si/c1-30(2,3)28(38-39(7)8)26-22(24-11-9-10-18-32-24)13-14-23-25(33-37-27(23)26)15-12-21-16-19-34(20-17-21)29(35)36-31(4,5)6/h9-11,13-14,18,21,28H,12,15-17,19-20H2,1-8H3. The Hall–Kier alpha value is -2.71. The van der Waals surface area contributed by atoms with Crippen LogP contribution in [0.25, 0.3) is 22.2 Å². The molecule has 0 spiro atoms. The zero-order valence-corrected chi connectivity index (χ0v) is 25.8. The van der Waals surface area contributed by atoms with Gasteiger partial charge in [-0.05, 0) is 89.1 Å². The number of pyridine rings is 1. The van der Waals surface area contributed by atoms with Crippen molar-refractivity contribution in [3.8, 4) is 11.3 Å². The van der Waals surface area contributed by atoms with E-state index in [1.54, 1.807) is 0 Å². The van der Waals surface area contributed by atoms with Crippen molar-refractivity contribution in [2.24, 2.45) is 11.3 Å². The molecule has 1 aromatic carbocycles. The Morgan fingerprint density at radius 1 is 1.10 bits per heavy atom. The molecule has 0 bridgehead atoms. The Balaban J connectivity index is 1.57. The van der Waals surface area contributed by atoms with Gasteiger partial charge in [0.25, 0.3) is 0 Å². The molecule has 0 N–H and O–H groups in total. The van der Waals surface area contributed by atoms with E-state index in [0.717, 1.165) is 72.3 Å². The zero-order chi connectivity index (χ0) is 28.4. The van der Waals surface area contributed by atoms with Gasteiger partial charge in [-0.3, -0.25) is 4.98 Å². The number of likely N-dealkylation sites (tertiary alicyclic amines) is 1. The number of rotatable bonds is 7. The monoisotopic (exact) mass is 550 g/mol. The van der Waals surface area contributed by atoms with Crippen LogP contribution in [-0.4, -0.2) is 48.9 Å². The predicted molar refractivity (Wildman–Crippen MR) is 157 cm³/mol. The lowest BCUT2D eigenvalue weighted by Crippen LogP contribution is -2.41. The number of fused-ring (bicyclic) bond motifs is 1. The molecule has 1 fully saturated rings. The molecule has 211 valence electrons. The maximum atomic E-state index is 12.4. The van der Waals surface area contributed by atoms with E-state index in [-0.39, 0.29) is 17.6 Å². The van der Waals surface area contributed by atoms with Crippen LogP contribution in [0, 0.1) is 11.3 Å². The van der Waals surface area contributed by atoms with Crippen molar-refractivity contribution in [3.05, 3.63) is 47.8 Å². The first-order valence-electron chi connectivity index (χ1n) is 14.1. The molecule has 7 nitrogen and oxygen atoms in total. The number of amides is 1. The van der Waals surface area contributed by atoms with Gasteiger partial charge in [0.2, 0.25) is 9.04 Å². The van der Waals surface area contributed by atoms with Gasteiger partial charge in [-0.2, -0.15) is 0 Å². The molecule has 1 atom stereocenters. The first-order chi connectivity index (χ1) is 18.3. The van der Waals surface area contributed by atoms with Crippen LogP contribution in [0.3, 0.4) is 0 Å². The van der Waals surface area contributed by atoms with E-state index in [1.165, 1.54) is 0 Å².